The Kier molecular flexibility index (Phi) is 5.48. The first kappa shape index (κ1) is 15.6. The second kappa shape index (κ2) is 6.66. The lowest BCUT2D eigenvalue weighted by Crippen LogP contribution is -2.55. The number of benzene rings is 1. The van der Waals surface area contributed by atoms with Gasteiger partial charge in [0.05, 0.1) is 7.11 Å². The molecule has 1 N–H and O–H groups in total. The van der Waals surface area contributed by atoms with Crippen LogP contribution in [0.4, 0.5) is 4.39 Å². The zero-order valence-corrected chi connectivity index (χ0v) is 12.0. The maximum absolute atomic E-state index is 13.7. The lowest BCUT2D eigenvalue weighted by atomic mass is 9.91. The van der Waals surface area contributed by atoms with Gasteiger partial charge in [0.15, 0.2) is 0 Å². The van der Waals surface area contributed by atoms with Crippen molar-refractivity contribution in [3.05, 3.63) is 35.6 Å². The van der Waals surface area contributed by atoms with E-state index in [0.29, 0.717) is 5.56 Å². The van der Waals surface area contributed by atoms with Crippen LogP contribution in [0.3, 0.4) is 0 Å². The highest BCUT2D eigenvalue weighted by molar-refractivity contribution is 5.80. The van der Waals surface area contributed by atoms with E-state index >= 15 is 0 Å². The molecule has 0 radical (unpaired) electrons. The lowest BCUT2D eigenvalue weighted by molar-refractivity contribution is -0.148. The molecule has 19 heavy (non-hydrogen) atoms. The number of hydrogen-bond acceptors (Lipinski definition) is 3. The van der Waals surface area contributed by atoms with Crippen molar-refractivity contribution in [3.63, 3.8) is 0 Å². The first-order chi connectivity index (χ1) is 8.92. The van der Waals surface area contributed by atoms with Crippen LogP contribution in [-0.4, -0.2) is 24.7 Å². The average molecular weight is 267 g/mol. The van der Waals surface area contributed by atoms with Crippen LogP contribution in [0.2, 0.25) is 0 Å². The minimum absolute atomic E-state index is 0.149. The lowest BCUT2D eigenvalue weighted by Gasteiger charge is -2.31. The van der Waals surface area contributed by atoms with Crippen molar-refractivity contribution in [1.82, 2.24) is 5.32 Å². The number of hydrogen-bond donors (Lipinski definition) is 1. The van der Waals surface area contributed by atoms with Gasteiger partial charge in [0.1, 0.15) is 11.4 Å². The molecule has 0 saturated carbocycles. The van der Waals surface area contributed by atoms with Crippen LogP contribution in [-0.2, 0) is 16.0 Å². The molecule has 0 heterocycles. The molecule has 0 aliphatic rings. The van der Waals surface area contributed by atoms with Crippen LogP contribution < -0.4 is 5.32 Å². The number of carbonyl (C=O) groups is 1. The number of methoxy groups -OCH3 is 1. The monoisotopic (exact) mass is 267 g/mol. The summed E-state index contributed by atoms with van der Waals surface area (Å²) >= 11 is 0. The summed E-state index contributed by atoms with van der Waals surface area (Å²) in [5.74, 6) is -0.681. The fraction of sp³-hybridized carbons (Fsp3) is 0.533. The molecule has 1 aromatic rings. The minimum Gasteiger partial charge on any atom is -0.468 e. The van der Waals surface area contributed by atoms with E-state index in [1.54, 1.807) is 25.1 Å². The fourth-order valence-corrected chi connectivity index (χ4v) is 2.08. The fourth-order valence-electron chi connectivity index (χ4n) is 2.08. The highest BCUT2D eigenvalue weighted by atomic mass is 19.1. The Balaban J connectivity index is 2.98. The minimum atomic E-state index is -0.924. The van der Waals surface area contributed by atoms with Gasteiger partial charge in [-0.05, 0) is 31.9 Å². The summed E-state index contributed by atoms with van der Waals surface area (Å²) < 4.78 is 18.6. The Morgan fingerprint density at radius 2 is 2.11 bits per heavy atom. The van der Waals surface area contributed by atoms with Gasteiger partial charge in [-0.1, -0.05) is 25.1 Å². The largest absolute Gasteiger partial charge is 0.468 e. The summed E-state index contributed by atoms with van der Waals surface area (Å²) in [5, 5.41) is 3.23. The van der Waals surface area contributed by atoms with Crippen LogP contribution in [0.5, 0.6) is 0 Å². The maximum Gasteiger partial charge on any atom is 0.326 e. The highest BCUT2D eigenvalue weighted by Crippen LogP contribution is 2.19. The molecule has 0 bridgehead atoms. The molecule has 0 aromatic heterocycles. The molecule has 3 nitrogen and oxygen atoms in total. The Hall–Kier alpha value is -1.42. The molecule has 0 amide bonds. The zero-order chi connectivity index (χ0) is 14.5. The summed E-state index contributed by atoms with van der Waals surface area (Å²) in [6.45, 7) is 5.76. The first-order valence-electron chi connectivity index (χ1n) is 6.52. The van der Waals surface area contributed by atoms with Gasteiger partial charge in [-0.25, -0.2) is 4.39 Å². The van der Waals surface area contributed by atoms with Crippen molar-refractivity contribution >= 4 is 5.97 Å². The molecule has 0 aliphatic heterocycles. The molecule has 0 saturated heterocycles. The third-order valence-electron chi connectivity index (χ3n) is 3.32. The standard InChI is InChI=1S/C15H22FNO2/c1-5-11(2)17-15(3,14(18)19-4)10-12-8-6-7-9-13(12)16/h6-9,11,17H,5,10H2,1-4H3. The van der Waals surface area contributed by atoms with Crippen LogP contribution in [0.25, 0.3) is 0 Å². The Labute approximate surface area is 114 Å². The van der Waals surface area contributed by atoms with Crippen molar-refractivity contribution in [2.75, 3.05) is 7.11 Å². The third-order valence-corrected chi connectivity index (χ3v) is 3.32. The van der Waals surface area contributed by atoms with Gasteiger partial charge in [-0.3, -0.25) is 10.1 Å². The molecular formula is C15H22FNO2. The van der Waals surface area contributed by atoms with Gasteiger partial charge in [0, 0.05) is 12.5 Å². The SMILES string of the molecule is CCC(C)NC(C)(Cc1ccccc1F)C(=O)OC. The number of carbonyl (C=O) groups excluding carboxylic acids is 1. The predicted octanol–water partition coefficient (Wildman–Crippen LogP) is 2.69. The normalized spacial score (nSPS) is 15.6. The van der Waals surface area contributed by atoms with E-state index in [1.807, 2.05) is 13.8 Å². The van der Waals surface area contributed by atoms with E-state index in [9.17, 15) is 9.18 Å². The smallest absolute Gasteiger partial charge is 0.326 e. The van der Waals surface area contributed by atoms with Gasteiger partial charge >= 0.3 is 5.97 Å². The Morgan fingerprint density at radius 3 is 2.63 bits per heavy atom. The number of ether oxygens (including phenoxy) is 1. The van der Waals surface area contributed by atoms with Gasteiger partial charge in [-0.15, -0.1) is 0 Å². The van der Waals surface area contributed by atoms with Crippen molar-refractivity contribution in [3.8, 4) is 0 Å². The van der Waals surface area contributed by atoms with Gasteiger partial charge in [0.2, 0.25) is 0 Å². The summed E-state index contributed by atoms with van der Waals surface area (Å²) in [7, 11) is 1.35. The predicted molar refractivity (Wildman–Crippen MR) is 73.4 cm³/mol. The van der Waals surface area contributed by atoms with Crippen molar-refractivity contribution in [2.45, 2.75) is 45.2 Å². The van der Waals surface area contributed by atoms with Gasteiger partial charge in [0.25, 0.3) is 0 Å². The van der Waals surface area contributed by atoms with E-state index in [0.717, 1.165) is 6.42 Å². The van der Waals surface area contributed by atoms with Crippen LogP contribution in [0.15, 0.2) is 24.3 Å². The molecule has 1 rings (SSSR count). The molecule has 2 unspecified atom stereocenters. The van der Waals surface area contributed by atoms with Crippen molar-refractivity contribution in [2.24, 2.45) is 0 Å². The van der Waals surface area contributed by atoms with Crippen molar-refractivity contribution in [1.29, 1.82) is 0 Å². The van der Waals surface area contributed by atoms with E-state index in [1.165, 1.54) is 13.2 Å². The number of esters is 1. The molecule has 106 valence electrons. The van der Waals surface area contributed by atoms with E-state index < -0.39 is 5.54 Å². The summed E-state index contributed by atoms with van der Waals surface area (Å²) in [6.07, 6.45) is 1.14. The summed E-state index contributed by atoms with van der Waals surface area (Å²) in [5.41, 5.74) is -0.418. The number of nitrogens with one attached hydrogen (secondary N) is 1. The van der Waals surface area contributed by atoms with Crippen LogP contribution >= 0.6 is 0 Å². The molecule has 1 aromatic carbocycles. The van der Waals surface area contributed by atoms with Crippen LogP contribution in [0, 0.1) is 5.82 Å². The molecular weight excluding hydrogens is 245 g/mol. The topological polar surface area (TPSA) is 38.3 Å². The summed E-state index contributed by atoms with van der Waals surface area (Å²) in [4.78, 5) is 12.0. The van der Waals surface area contributed by atoms with E-state index in [4.69, 9.17) is 4.74 Å². The Morgan fingerprint density at radius 1 is 1.47 bits per heavy atom. The Bertz CT molecular complexity index is 436. The van der Waals surface area contributed by atoms with E-state index in [-0.39, 0.29) is 24.2 Å². The number of rotatable bonds is 6. The third kappa shape index (κ3) is 4.03. The molecule has 4 heteroatoms. The van der Waals surface area contributed by atoms with Crippen LogP contribution in [0.1, 0.15) is 32.8 Å². The highest BCUT2D eigenvalue weighted by Gasteiger charge is 2.36. The molecule has 0 fully saturated rings. The zero-order valence-electron chi connectivity index (χ0n) is 12.0. The first-order valence-corrected chi connectivity index (χ1v) is 6.52. The van der Waals surface area contributed by atoms with Gasteiger partial charge in [-0.2, -0.15) is 0 Å². The maximum atomic E-state index is 13.7. The summed E-state index contributed by atoms with van der Waals surface area (Å²) in [6, 6.07) is 6.64. The molecule has 2 atom stereocenters. The second-order valence-corrected chi connectivity index (χ2v) is 5.05. The molecule has 0 aliphatic carbocycles. The van der Waals surface area contributed by atoms with E-state index in [2.05, 4.69) is 5.32 Å². The number of halogens is 1. The van der Waals surface area contributed by atoms with Crippen molar-refractivity contribution < 1.29 is 13.9 Å². The average Bonchev–Trinajstić information content (AvgIpc) is 2.40. The molecule has 0 spiro atoms. The van der Waals surface area contributed by atoms with Gasteiger partial charge < -0.3 is 4.74 Å². The second-order valence-electron chi connectivity index (χ2n) is 5.05. The quantitative estimate of drug-likeness (QED) is 0.805.